The van der Waals surface area contributed by atoms with Gasteiger partial charge in [-0.2, -0.15) is 0 Å². The summed E-state index contributed by atoms with van der Waals surface area (Å²) in [4.78, 5) is 11.0. The summed E-state index contributed by atoms with van der Waals surface area (Å²) in [5, 5.41) is 9.88. The van der Waals surface area contributed by atoms with E-state index in [1.807, 2.05) is 6.92 Å². The third-order valence-electron chi connectivity index (χ3n) is 3.20. The molecule has 0 aliphatic rings. The standard InChI is InChI=1S/C14H27N5S/c1-11(2)19(5)9-8-17-14(15-4)16-7-6-13-10-20-12(3)18-13/h10-11H,6-9H2,1-5H3,(H2,15,16,17). The predicted octanol–water partition coefficient (Wildman–Crippen LogP) is 1.50. The van der Waals surface area contributed by atoms with Gasteiger partial charge in [-0.1, -0.05) is 0 Å². The fourth-order valence-corrected chi connectivity index (χ4v) is 2.31. The van der Waals surface area contributed by atoms with Crippen LogP contribution in [0.2, 0.25) is 0 Å². The summed E-state index contributed by atoms with van der Waals surface area (Å²) in [6, 6.07) is 0.569. The molecule has 0 radical (unpaired) electrons. The van der Waals surface area contributed by atoms with E-state index in [2.05, 4.69) is 51.8 Å². The second kappa shape index (κ2) is 8.92. The fraction of sp³-hybridized carbons (Fsp3) is 0.714. The second-order valence-electron chi connectivity index (χ2n) is 5.11. The van der Waals surface area contributed by atoms with Crippen LogP contribution in [0.25, 0.3) is 0 Å². The molecular weight excluding hydrogens is 270 g/mol. The van der Waals surface area contributed by atoms with Crippen LogP contribution in [0.1, 0.15) is 24.5 Å². The summed E-state index contributed by atoms with van der Waals surface area (Å²) >= 11 is 1.70. The highest BCUT2D eigenvalue weighted by atomic mass is 32.1. The molecule has 1 rings (SSSR count). The summed E-state index contributed by atoms with van der Waals surface area (Å²) in [7, 11) is 3.93. The monoisotopic (exact) mass is 297 g/mol. The number of hydrogen-bond donors (Lipinski definition) is 2. The van der Waals surface area contributed by atoms with E-state index < -0.39 is 0 Å². The molecule has 2 N–H and O–H groups in total. The summed E-state index contributed by atoms with van der Waals surface area (Å²) in [5.74, 6) is 0.856. The van der Waals surface area contributed by atoms with E-state index in [-0.39, 0.29) is 0 Å². The first-order valence-corrected chi connectivity index (χ1v) is 7.96. The molecule has 0 bridgehead atoms. The number of thiazole rings is 1. The summed E-state index contributed by atoms with van der Waals surface area (Å²) in [5.41, 5.74) is 1.15. The van der Waals surface area contributed by atoms with Crippen LogP contribution < -0.4 is 10.6 Å². The Hall–Kier alpha value is -1.14. The van der Waals surface area contributed by atoms with Crippen molar-refractivity contribution < 1.29 is 0 Å². The predicted molar refractivity (Wildman–Crippen MR) is 87.7 cm³/mol. The van der Waals surface area contributed by atoms with E-state index in [1.54, 1.807) is 18.4 Å². The average Bonchev–Trinajstić information content (AvgIpc) is 2.82. The number of aromatic nitrogens is 1. The van der Waals surface area contributed by atoms with Crippen molar-refractivity contribution in [3.8, 4) is 0 Å². The molecule has 0 fully saturated rings. The van der Waals surface area contributed by atoms with Crippen LogP contribution in [0.5, 0.6) is 0 Å². The van der Waals surface area contributed by atoms with Gasteiger partial charge in [0, 0.05) is 44.5 Å². The minimum absolute atomic E-state index is 0.569. The molecule has 0 aromatic carbocycles. The lowest BCUT2D eigenvalue weighted by atomic mass is 10.3. The molecule has 0 atom stereocenters. The van der Waals surface area contributed by atoms with Crippen LogP contribution in [-0.2, 0) is 6.42 Å². The van der Waals surface area contributed by atoms with Crippen LogP contribution in [-0.4, -0.2) is 55.6 Å². The molecular formula is C14H27N5S. The maximum Gasteiger partial charge on any atom is 0.191 e. The van der Waals surface area contributed by atoms with Crippen molar-refractivity contribution in [1.82, 2.24) is 20.5 Å². The molecule has 1 heterocycles. The highest BCUT2D eigenvalue weighted by Gasteiger charge is 2.03. The molecule has 20 heavy (non-hydrogen) atoms. The van der Waals surface area contributed by atoms with Crippen LogP contribution in [0, 0.1) is 6.92 Å². The lowest BCUT2D eigenvalue weighted by Gasteiger charge is -2.21. The van der Waals surface area contributed by atoms with Gasteiger partial charge in [0.25, 0.3) is 0 Å². The molecule has 0 aliphatic carbocycles. The number of aryl methyl sites for hydroxylation is 1. The molecule has 1 aromatic heterocycles. The third kappa shape index (κ3) is 6.34. The van der Waals surface area contributed by atoms with Gasteiger partial charge in [0.05, 0.1) is 10.7 Å². The first-order valence-electron chi connectivity index (χ1n) is 7.08. The number of hydrogen-bond acceptors (Lipinski definition) is 4. The molecule has 0 aliphatic heterocycles. The summed E-state index contributed by atoms with van der Waals surface area (Å²) in [6.07, 6.45) is 0.928. The van der Waals surface area contributed by atoms with Gasteiger partial charge in [0.1, 0.15) is 0 Å². The Morgan fingerprint density at radius 1 is 1.40 bits per heavy atom. The first kappa shape index (κ1) is 16.9. The van der Waals surface area contributed by atoms with Crippen LogP contribution >= 0.6 is 11.3 Å². The molecule has 5 nitrogen and oxygen atoms in total. The van der Waals surface area contributed by atoms with Crippen molar-refractivity contribution in [2.45, 2.75) is 33.2 Å². The van der Waals surface area contributed by atoms with Crippen molar-refractivity contribution >= 4 is 17.3 Å². The fourth-order valence-electron chi connectivity index (χ4n) is 1.66. The minimum Gasteiger partial charge on any atom is -0.356 e. The second-order valence-corrected chi connectivity index (χ2v) is 6.17. The number of guanidine groups is 1. The number of nitrogens with zero attached hydrogens (tertiary/aromatic N) is 3. The summed E-state index contributed by atoms with van der Waals surface area (Å²) < 4.78 is 0. The molecule has 1 aromatic rings. The van der Waals surface area contributed by atoms with E-state index in [0.29, 0.717) is 6.04 Å². The van der Waals surface area contributed by atoms with Gasteiger partial charge in [0.2, 0.25) is 0 Å². The maximum absolute atomic E-state index is 4.45. The third-order valence-corrected chi connectivity index (χ3v) is 4.02. The van der Waals surface area contributed by atoms with Gasteiger partial charge >= 0.3 is 0 Å². The van der Waals surface area contributed by atoms with Gasteiger partial charge < -0.3 is 15.5 Å². The largest absolute Gasteiger partial charge is 0.356 e. The Bertz CT molecular complexity index is 413. The number of likely N-dealkylation sites (N-methyl/N-ethyl adjacent to an activating group) is 1. The van der Waals surface area contributed by atoms with E-state index >= 15 is 0 Å². The van der Waals surface area contributed by atoms with Gasteiger partial charge in [-0.25, -0.2) is 4.98 Å². The number of rotatable bonds is 7. The highest BCUT2D eigenvalue weighted by Crippen LogP contribution is 2.07. The van der Waals surface area contributed by atoms with Gasteiger partial charge in [-0.05, 0) is 27.8 Å². The van der Waals surface area contributed by atoms with Crippen molar-refractivity contribution in [2.75, 3.05) is 33.7 Å². The average molecular weight is 297 g/mol. The molecule has 6 heteroatoms. The topological polar surface area (TPSA) is 52.6 Å². The number of nitrogens with one attached hydrogen (secondary N) is 2. The lowest BCUT2D eigenvalue weighted by Crippen LogP contribution is -2.42. The van der Waals surface area contributed by atoms with Crippen molar-refractivity contribution in [3.63, 3.8) is 0 Å². The quantitative estimate of drug-likeness (QED) is 0.591. The van der Waals surface area contributed by atoms with Crippen LogP contribution in [0.15, 0.2) is 10.4 Å². The Labute approximate surface area is 126 Å². The smallest absolute Gasteiger partial charge is 0.191 e. The zero-order chi connectivity index (χ0) is 15.0. The van der Waals surface area contributed by atoms with E-state index in [1.165, 1.54) is 0 Å². The Morgan fingerprint density at radius 3 is 2.65 bits per heavy atom. The SMILES string of the molecule is CN=C(NCCc1csc(C)n1)NCCN(C)C(C)C. The summed E-state index contributed by atoms with van der Waals surface area (Å²) in [6.45, 7) is 9.18. The molecule has 0 amide bonds. The van der Waals surface area contributed by atoms with Crippen molar-refractivity contribution in [3.05, 3.63) is 16.1 Å². The zero-order valence-corrected chi connectivity index (χ0v) is 14.0. The molecule has 0 spiro atoms. The van der Waals surface area contributed by atoms with E-state index in [4.69, 9.17) is 0 Å². The first-order chi connectivity index (χ1) is 9.52. The van der Waals surface area contributed by atoms with Crippen molar-refractivity contribution in [1.29, 1.82) is 0 Å². The van der Waals surface area contributed by atoms with E-state index in [9.17, 15) is 0 Å². The van der Waals surface area contributed by atoms with E-state index in [0.717, 1.165) is 42.7 Å². The Kier molecular flexibility index (Phi) is 7.54. The lowest BCUT2D eigenvalue weighted by molar-refractivity contribution is 0.278. The molecule has 0 saturated carbocycles. The van der Waals surface area contributed by atoms with Gasteiger partial charge in [-0.15, -0.1) is 11.3 Å². The van der Waals surface area contributed by atoms with Gasteiger partial charge in [0.15, 0.2) is 5.96 Å². The van der Waals surface area contributed by atoms with Crippen LogP contribution in [0.4, 0.5) is 0 Å². The Balaban J connectivity index is 2.20. The minimum atomic E-state index is 0.569. The maximum atomic E-state index is 4.45. The Morgan fingerprint density at radius 2 is 2.10 bits per heavy atom. The van der Waals surface area contributed by atoms with Gasteiger partial charge in [-0.3, -0.25) is 4.99 Å². The number of aliphatic imine (C=N–C) groups is 1. The molecule has 0 saturated heterocycles. The normalized spacial score (nSPS) is 12.2. The highest BCUT2D eigenvalue weighted by molar-refractivity contribution is 7.09. The zero-order valence-electron chi connectivity index (χ0n) is 13.2. The molecule has 114 valence electrons. The molecule has 0 unspecified atom stereocenters. The van der Waals surface area contributed by atoms with Crippen molar-refractivity contribution in [2.24, 2.45) is 4.99 Å². The van der Waals surface area contributed by atoms with Crippen LogP contribution in [0.3, 0.4) is 0 Å².